The maximum atomic E-state index is 11.8. The van der Waals surface area contributed by atoms with Gasteiger partial charge in [0.25, 0.3) is 0 Å². The highest BCUT2D eigenvalue weighted by molar-refractivity contribution is 7.80. The molecule has 0 aromatic rings. The minimum absolute atomic E-state index is 0.0122. The van der Waals surface area contributed by atoms with E-state index in [9.17, 15) is 4.79 Å². The predicted molar refractivity (Wildman–Crippen MR) is 70.1 cm³/mol. The number of rotatable bonds is 6. The summed E-state index contributed by atoms with van der Waals surface area (Å²) in [5.74, 6) is 0.655. The lowest BCUT2D eigenvalue weighted by Crippen LogP contribution is -2.41. The summed E-state index contributed by atoms with van der Waals surface area (Å²) in [6, 6.07) is 0. The van der Waals surface area contributed by atoms with Crippen molar-refractivity contribution in [3.63, 3.8) is 0 Å². The second-order valence-corrected chi connectivity index (χ2v) is 5.47. The first-order chi connectivity index (χ1) is 7.52. The molecular weight excluding hydrogens is 220 g/mol. The molecule has 0 aromatic heterocycles. The first-order valence-corrected chi connectivity index (χ1v) is 6.50. The number of carbonyl (C=O) groups is 1. The fourth-order valence-corrected chi connectivity index (χ4v) is 2.43. The van der Waals surface area contributed by atoms with E-state index >= 15 is 0 Å². The van der Waals surface area contributed by atoms with E-state index in [1.807, 2.05) is 13.8 Å². The number of nitrogens with two attached hydrogens (primary N) is 1. The van der Waals surface area contributed by atoms with Gasteiger partial charge in [-0.2, -0.15) is 0 Å². The van der Waals surface area contributed by atoms with E-state index in [2.05, 4.69) is 5.32 Å². The zero-order valence-corrected chi connectivity index (χ0v) is 11.0. The summed E-state index contributed by atoms with van der Waals surface area (Å²) < 4.78 is 0. The first-order valence-electron chi connectivity index (χ1n) is 6.09. The van der Waals surface area contributed by atoms with Crippen LogP contribution in [0, 0.1) is 17.8 Å². The van der Waals surface area contributed by atoms with Gasteiger partial charge in [0.2, 0.25) is 5.91 Å². The van der Waals surface area contributed by atoms with Crippen molar-refractivity contribution in [2.24, 2.45) is 23.5 Å². The summed E-state index contributed by atoms with van der Waals surface area (Å²) >= 11 is 4.92. The Kier molecular flexibility index (Phi) is 5.19. The van der Waals surface area contributed by atoms with E-state index in [4.69, 9.17) is 18.0 Å². The molecule has 0 radical (unpaired) electrons. The van der Waals surface area contributed by atoms with Crippen LogP contribution in [0.1, 0.15) is 39.5 Å². The highest BCUT2D eigenvalue weighted by Crippen LogP contribution is 2.28. The molecule has 1 saturated carbocycles. The Bertz CT molecular complexity index is 262. The van der Waals surface area contributed by atoms with Crippen LogP contribution in [0.4, 0.5) is 0 Å². The van der Waals surface area contributed by atoms with Crippen molar-refractivity contribution in [2.45, 2.75) is 39.5 Å². The van der Waals surface area contributed by atoms with Crippen molar-refractivity contribution in [1.29, 1.82) is 0 Å². The van der Waals surface area contributed by atoms with Gasteiger partial charge in [0.15, 0.2) is 0 Å². The Balaban J connectivity index is 2.28. The molecule has 92 valence electrons. The smallest absolute Gasteiger partial charge is 0.230 e. The molecule has 3 N–H and O–H groups in total. The molecule has 3 nitrogen and oxygen atoms in total. The first kappa shape index (κ1) is 13.4. The fourth-order valence-electron chi connectivity index (χ4n) is 2.05. The van der Waals surface area contributed by atoms with Gasteiger partial charge in [-0.3, -0.25) is 4.79 Å². The van der Waals surface area contributed by atoms with Crippen LogP contribution in [-0.4, -0.2) is 17.4 Å². The van der Waals surface area contributed by atoms with Crippen molar-refractivity contribution in [1.82, 2.24) is 5.32 Å². The van der Waals surface area contributed by atoms with Gasteiger partial charge in [-0.25, -0.2) is 0 Å². The Morgan fingerprint density at radius 2 is 2.12 bits per heavy atom. The third-order valence-electron chi connectivity index (χ3n) is 3.33. The van der Waals surface area contributed by atoms with Gasteiger partial charge in [0.05, 0.1) is 10.9 Å². The number of thiocarbonyl (C=S) groups is 1. The van der Waals surface area contributed by atoms with Gasteiger partial charge in [0.1, 0.15) is 0 Å². The maximum absolute atomic E-state index is 11.8. The largest absolute Gasteiger partial charge is 0.393 e. The molecule has 1 aliphatic carbocycles. The molecule has 1 rings (SSSR count). The lowest BCUT2D eigenvalue weighted by Gasteiger charge is -2.26. The molecule has 0 aromatic carbocycles. The Hall–Kier alpha value is -0.640. The molecule has 1 aliphatic rings. The average Bonchev–Trinajstić information content (AvgIpc) is 2.07. The summed E-state index contributed by atoms with van der Waals surface area (Å²) in [4.78, 5) is 12.1. The van der Waals surface area contributed by atoms with Crippen LogP contribution in [0.15, 0.2) is 0 Å². The topological polar surface area (TPSA) is 55.1 Å². The van der Waals surface area contributed by atoms with E-state index in [1.165, 1.54) is 19.3 Å². The van der Waals surface area contributed by atoms with Gasteiger partial charge in [-0.05, 0) is 18.3 Å². The van der Waals surface area contributed by atoms with Crippen LogP contribution >= 0.6 is 12.2 Å². The summed E-state index contributed by atoms with van der Waals surface area (Å²) in [5.41, 5.74) is 5.58. The standard InChI is InChI=1S/C12H22N2OS/c1-8(2)10(11(13)16)12(15)14-7-6-9-4-3-5-9/h8-10H,3-7H2,1-2H3,(H2,13,16)(H,14,15). The van der Waals surface area contributed by atoms with Crippen LogP contribution in [-0.2, 0) is 4.79 Å². The molecule has 1 fully saturated rings. The van der Waals surface area contributed by atoms with Gasteiger partial charge >= 0.3 is 0 Å². The number of nitrogens with one attached hydrogen (secondary N) is 1. The molecule has 0 saturated heterocycles. The van der Waals surface area contributed by atoms with Crippen molar-refractivity contribution < 1.29 is 4.79 Å². The lowest BCUT2D eigenvalue weighted by molar-refractivity contribution is -0.124. The molecule has 0 bridgehead atoms. The Morgan fingerprint density at radius 1 is 1.50 bits per heavy atom. The lowest BCUT2D eigenvalue weighted by atomic mass is 9.83. The molecule has 0 heterocycles. The molecule has 1 unspecified atom stereocenters. The van der Waals surface area contributed by atoms with E-state index < -0.39 is 0 Å². The third-order valence-corrected chi connectivity index (χ3v) is 3.59. The van der Waals surface area contributed by atoms with Gasteiger partial charge < -0.3 is 11.1 Å². The molecule has 1 amide bonds. The molecule has 1 atom stereocenters. The quantitative estimate of drug-likeness (QED) is 0.699. The van der Waals surface area contributed by atoms with E-state index in [0.29, 0.717) is 4.99 Å². The Labute approximate surface area is 103 Å². The minimum Gasteiger partial charge on any atom is -0.393 e. The van der Waals surface area contributed by atoms with Crippen LogP contribution in [0.5, 0.6) is 0 Å². The monoisotopic (exact) mass is 242 g/mol. The van der Waals surface area contributed by atoms with Crippen LogP contribution < -0.4 is 11.1 Å². The highest BCUT2D eigenvalue weighted by Gasteiger charge is 2.25. The van der Waals surface area contributed by atoms with Crippen molar-refractivity contribution in [3.8, 4) is 0 Å². The normalized spacial score (nSPS) is 17.9. The predicted octanol–water partition coefficient (Wildman–Crippen LogP) is 1.85. The summed E-state index contributed by atoms with van der Waals surface area (Å²) in [6.07, 6.45) is 5.07. The molecule has 4 heteroatoms. The van der Waals surface area contributed by atoms with Gasteiger partial charge in [-0.15, -0.1) is 0 Å². The summed E-state index contributed by atoms with van der Waals surface area (Å²) in [6.45, 7) is 4.69. The molecule has 16 heavy (non-hydrogen) atoms. The van der Waals surface area contributed by atoms with Crippen molar-refractivity contribution in [2.75, 3.05) is 6.54 Å². The maximum Gasteiger partial charge on any atom is 0.230 e. The second kappa shape index (κ2) is 6.18. The van der Waals surface area contributed by atoms with E-state index in [1.54, 1.807) is 0 Å². The summed E-state index contributed by atoms with van der Waals surface area (Å²) in [7, 11) is 0. The van der Waals surface area contributed by atoms with Gasteiger partial charge in [-0.1, -0.05) is 45.3 Å². The third kappa shape index (κ3) is 3.74. The van der Waals surface area contributed by atoms with Crippen LogP contribution in [0.3, 0.4) is 0 Å². The zero-order valence-electron chi connectivity index (χ0n) is 10.2. The van der Waals surface area contributed by atoms with Crippen LogP contribution in [0.25, 0.3) is 0 Å². The zero-order chi connectivity index (χ0) is 12.1. The minimum atomic E-state index is -0.323. The molecule has 0 aliphatic heterocycles. The average molecular weight is 242 g/mol. The Morgan fingerprint density at radius 3 is 2.50 bits per heavy atom. The summed E-state index contributed by atoms with van der Waals surface area (Å²) in [5, 5.41) is 2.94. The molecular formula is C12H22N2OS. The fraction of sp³-hybridized carbons (Fsp3) is 0.833. The second-order valence-electron chi connectivity index (χ2n) is 5.00. The number of amides is 1. The van der Waals surface area contributed by atoms with Crippen molar-refractivity contribution >= 4 is 23.1 Å². The van der Waals surface area contributed by atoms with E-state index in [0.717, 1.165) is 18.9 Å². The number of carbonyl (C=O) groups excluding carboxylic acids is 1. The molecule has 0 spiro atoms. The number of hydrogen-bond donors (Lipinski definition) is 2. The SMILES string of the molecule is CC(C)C(C(=O)NCCC1CCC1)C(N)=S. The number of hydrogen-bond acceptors (Lipinski definition) is 2. The van der Waals surface area contributed by atoms with E-state index in [-0.39, 0.29) is 17.7 Å². The van der Waals surface area contributed by atoms with Crippen molar-refractivity contribution in [3.05, 3.63) is 0 Å². The van der Waals surface area contributed by atoms with Crippen LogP contribution in [0.2, 0.25) is 0 Å². The van der Waals surface area contributed by atoms with Gasteiger partial charge in [0, 0.05) is 6.54 Å². The highest BCUT2D eigenvalue weighted by atomic mass is 32.1.